The van der Waals surface area contributed by atoms with Gasteiger partial charge in [-0.05, 0) is 29.2 Å². The number of carboxylic acids is 1. The van der Waals surface area contributed by atoms with Crippen LogP contribution < -0.4 is 5.32 Å². The van der Waals surface area contributed by atoms with Crippen molar-refractivity contribution in [1.82, 2.24) is 5.32 Å². The lowest BCUT2D eigenvalue weighted by molar-refractivity contribution is -0.152. The molecule has 0 saturated carbocycles. The van der Waals surface area contributed by atoms with Crippen molar-refractivity contribution in [3.05, 3.63) is 21.9 Å². The van der Waals surface area contributed by atoms with Gasteiger partial charge in [-0.1, -0.05) is 0 Å². The number of aliphatic carboxylic acids is 1. The van der Waals surface area contributed by atoms with Gasteiger partial charge in [0.1, 0.15) is 10.8 Å². The van der Waals surface area contributed by atoms with E-state index >= 15 is 0 Å². The van der Waals surface area contributed by atoms with Crippen molar-refractivity contribution in [3.63, 3.8) is 0 Å². The molecule has 1 saturated heterocycles. The molecule has 2 aliphatic heterocycles. The summed E-state index contributed by atoms with van der Waals surface area (Å²) in [5, 5.41) is 14.0. The molecule has 5 nitrogen and oxygen atoms in total. The van der Waals surface area contributed by atoms with Crippen molar-refractivity contribution in [1.29, 1.82) is 0 Å². The second kappa shape index (κ2) is 5.98. The number of fused-ring (bicyclic) bond motifs is 1. The van der Waals surface area contributed by atoms with Gasteiger partial charge < -0.3 is 15.2 Å². The van der Waals surface area contributed by atoms with Gasteiger partial charge in [-0.25, -0.2) is 4.79 Å². The molecule has 2 N–H and O–H groups in total. The lowest BCUT2D eigenvalue weighted by Gasteiger charge is -2.35. The number of rotatable bonds is 3. The zero-order valence-corrected chi connectivity index (χ0v) is 13.1. The Morgan fingerprint density at radius 3 is 2.86 bits per heavy atom. The van der Waals surface area contributed by atoms with Gasteiger partial charge in [0.15, 0.2) is 0 Å². The summed E-state index contributed by atoms with van der Waals surface area (Å²) in [5.74, 6) is -0.261. The van der Waals surface area contributed by atoms with Gasteiger partial charge in [0, 0.05) is 30.9 Å². The molecule has 1 amide bonds. The third kappa shape index (κ3) is 2.82. The predicted octanol–water partition coefficient (Wildman–Crippen LogP) is 1.83. The maximum atomic E-state index is 12.6. The van der Waals surface area contributed by atoms with Gasteiger partial charge in [0.25, 0.3) is 0 Å². The minimum absolute atomic E-state index is 0.191. The molecule has 7 heteroatoms. The van der Waals surface area contributed by atoms with Gasteiger partial charge >= 0.3 is 5.97 Å². The van der Waals surface area contributed by atoms with Crippen LogP contribution in [0.5, 0.6) is 0 Å². The number of hydrogen-bond donors (Lipinski definition) is 2. The standard InChI is InChI=1S/C14H17NO4S2/c16-12(11-9-1-7-20-10(9)2-8-21-11)15-14(13(17)18)3-5-19-6-4-14/h1,7,11H,2-6,8H2,(H,15,16)(H,17,18). The van der Waals surface area contributed by atoms with Crippen LogP contribution in [0.3, 0.4) is 0 Å². The number of thiophene rings is 1. The van der Waals surface area contributed by atoms with E-state index in [-0.39, 0.29) is 11.2 Å². The second-order valence-electron chi connectivity index (χ2n) is 5.29. The van der Waals surface area contributed by atoms with Crippen molar-refractivity contribution in [2.24, 2.45) is 0 Å². The summed E-state index contributed by atoms with van der Waals surface area (Å²) in [4.78, 5) is 25.5. The first-order chi connectivity index (χ1) is 10.1. The molecule has 0 radical (unpaired) electrons. The molecule has 2 aliphatic rings. The maximum absolute atomic E-state index is 12.6. The predicted molar refractivity (Wildman–Crippen MR) is 81.8 cm³/mol. The molecular formula is C14H17NO4S2. The monoisotopic (exact) mass is 327 g/mol. The third-order valence-corrected chi connectivity index (χ3v) is 6.27. The SMILES string of the molecule is O=C(NC1(C(=O)O)CCOCC1)C1SCCc2sccc21. The first-order valence-corrected chi connectivity index (χ1v) is 8.86. The Hall–Kier alpha value is -1.05. The van der Waals surface area contributed by atoms with Gasteiger partial charge in [0.05, 0.1) is 0 Å². The molecule has 1 fully saturated rings. The number of carbonyl (C=O) groups excluding carboxylic acids is 1. The fourth-order valence-electron chi connectivity index (χ4n) is 2.78. The number of amides is 1. The maximum Gasteiger partial charge on any atom is 0.329 e. The van der Waals surface area contributed by atoms with Crippen LogP contribution in [0.15, 0.2) is 11.4 Å². The third-order valence-electron chi connectivity index (χ3n) is 4.03. The first kappa shape index (κ1) is 14.9. The Balaban J connectivity index is 1.78. The van der Waals surface area contributed by atoms with Gasteiger partial charge in [0.2, 0.25) is 5.91 Å². The molecule has 0 bridgehead atoms. The normalized spacial score (nSPS) is 24.1. The Labute approximate surface area is 131 Å². The Bertz CT molecular complexity index is 551. The lowest BCUT2D eigenvalue weighted by atomic mass is 9.89. The molecule has 114 valence electrons. The highest BCUT2D eigenvalue weighted by molar-refractivity contribution is 8.00. The smallest absolute Gasteiger partial charge is 0.329 e. The fraction of sp³-hybridized carbons (Fsp3) is 0.571. The summed E-state index contributed by atoms with van der Waals surface area (Å²) in [7, 11) is 0. The zero-order chi connectivity index (χ0) is 14.9. The second-order valence-corrected chi connectivity index (χ2v) is 7.50. The summed E-state index contributed by atoms with van der Waals surface area (Å²) in [6.07, 6.45) is 1.63. The summed E-state index contributed by atoms with van der Waals surface area (Å²) < 4.78 is 5.23. The molecule has 0 spiro atoms. The highest BCUT2D eigenvalue weighted by Crippen LogP contribution is 2.40. The summed E-state index contributed by atoms with van der Waals surface area (Å²) in [6.45, 7) is 0.738. The quantitative estimate of drug-likeness (QED) is 0.886. The van der Waals surface area contributed by atoms with E-state index in [1.807, 2.05) is 11.4 Å². The minimum Gasteiger partial charge on any atom is -0.480 e. The number of ether oxygens (including phenoxy) is 1. The molecule has 3 rings (SSSR count). The average molecular weight is 327 g/mol. The average Bonchev–Trinajstić information content (AvgIpc) is 2.96. The first-order valence-electron chi connectivity index (χ1n) is 6.93. The Kier molecular flexibility index (Phi) is 4.24. The van der Waals surface area contributed by atoms with Crippen molar-refractivity contribution >= 4 is 35.0 Å². The molecule has 0 aromatic carbocycles. The van der Waals surface area contributed by atoms with Crippen molar-refractivity contribution in [3.8, 4) is 0 Å². The van der Waals surface area contributed by atoms with Crippen LogP contribution >= 0.6 is 23.1 Å². The van der Waals surface area contributed by atoms with Gasteiger partial charge in [-0.15, -0.1) is 23.1 Å². The van der Waals surface area contributed by atoms with Crippen LogP contribution in [0, 0.1) is 0 Å². The Morgan fingerprint density at radius 1 is 1.38 bits per heavy atom. The molecule has 3 heterocycles. The van der Waals surface area contributed by atoms with E-state index in [1.165, 1.54) is 4.88 Å². The Morgan fingerprint density at radius 2 is 2.14 bits per heavy atom. The number of nitrogens with one attached hydrogen (secondary N) is 1. The lowest BCUT2D eigenvalue weighted by Crippen LogP contribution is -2.58. The highest BCUT2D eigenvalue weighted by Gasteiger charge is 2.43. The van der Waals surface area contributed by atoms with Crippen molar-refractivity contribution in [2.45, 2.75) is 30.1 Å². The molecule has 1 unspecified atom stereocenters. The number of carboxylic acid groups (broad SMARTS) is 1. The van der Waals surface area contributed by atoms with Crippen molar-refractivity contribution in [2.75, 3.05) is 19.0 Å². The van der Waals surface area contributed by atoms with Gasteiger partial charge in [-0.2, -0.15) is 0 Å². The molecular weight excluding hydrogens is 310 g/mol. The fourth-order valence-corrected chi connectivity index (χ4v) is 5.07. The van der Waals surface area contributed by atoms with Crippen LogP contribution in [-0.2, 0) is 20.7 Å². The largest absolute Gasteiger partial charge is 0.480 e. The highest BCUT2D eigenvalue weighted by atomic mass is 32.2. The van der Waals surface area contributed by atoms with E-state index in [0.717, 1.165) is 17.7 Å². The summed E-state index contributed by atoms with van der Waals surface area (Å²) in [6, 6.07) is 1.98. The van der Waals surface area contributed by atoms with E-state index in [0.29, 0.717) is 26.1 Å². The number of hydrogen-bond acceptors (Lipinski definition) is 5. The number of thioether (sulfide) groups is 1. The molecule has 1 aromatic heterocycles. The van der Waals surface area contributed by atoms with Crippen molar-refractivity contribution < 1.29 is 19.4 Å². The van der Waals surface area contributed by atoms with E-state index < -0.39 is 11.5 Å². The molecule has 1 atom stereocenters. The van der Waals surface area contributed by atoms with Crippen LogP contribution in [0.4, 0.5) is 0 Å². The van der Waals surface area contributed by atoms with Crippen LogP contribution in [0.1, 0.15) is 28.5 Å². The minimum atomic E-state index is -1.18. The van der Waals surface area contributed by atoms with Crippen LogP contribution in [-0.4, -0.2) is 41.5 Å². The van der Waals surface area contributed by atoms with E-state index in [4.69, 9.17) is 4.74 Å². The van der Waals surface area contributed by atoms with E-state index in [2.05, 4.69) is 5.32 Å². The molecule has 0 aliphatic carbocycles. The topological polar surface area (TPSA) is 75.6 Å². The van der Waals surface area contributed by atoms with E-state index in [9.17, 15) is 14.7 Å². The number of aryl methyl sites for hydroxylation is 1. The van der Waals surface area contributed by atoms with Gasteiger partial charge in [-0.3, -0.25) is 4.79 Å². The van der Waals surface area contributed by atoms with Crippen LogP contribution in [0.25, 0.3) is 0 Å². The summed E-state index contributed by atoms with van der Waals surface area (Å²) in [5.41, 5.74) is -0.134. The summed E-state index contributed by atoms with van der Waals surface area (Å²) >= 11 is 3.26. The molecule has 21 heavy (non-hydrogen) atoms. The van der Waals surface area contributed by atoms with Crippen LogP contribution in [0.2, 0.25) is 0 Å². The molecule has 1 aromatic rings. The zero-order valence-electron chi connectivity index (χ0n) is 11.5. The van der Waals surface area contributed by atoms with E-state index in [1.54, 1.807) is 23.1 Å². The number of carbonyl (C=O) groups is 2.